The number of halogens is 2. The van der Waals surface area contributed by atoms with E-state index in [4.69, 9.17) is 4.74 Å². The molecule has 1 aromatic rings. The fourth-order valence-electron chi connectivity index (χ4n) is 2.14. The molecule has 0 bridgehead atoms. The van der Waals surface area contributed by atoms with Crippen molar-refractivity contribution in [2.75, 3.05) is 6.61 Å². The lowest BCUT2D eigenvalue weighted by Crippen LogP contribution is -2.20. The van der Waals surface area contributed by atoms with Crippen LogP contribution in [0, 0.1) is 11.7 Å². The van der Waals surface area contributed by atoms with Gasteiger partial charge in [-0.2, -0.15) is 0 Å². The average molecular weight is 289 g/mol. The second-order valence-corrected chi connectivity index (χ2v) is 4.97. The Morgan fingerprint density at radius 3 is 2.94 bits per heavy atom. The van der Waals surface area contributed by atoms with E-state index in [-0.39, 0.29) is 17.8 Å². The van der Waals surface area contributed by atoms with Gasteiger partial charge in [0.15, 0.2) is 0 Å². The van der Waals surface area contributed by atoms with E-state index in [1.54, 1.807) is 18.2 Å². The predicted octanol–water partition coefficient (Wildman–Crippen LogP) is 3.05. The van der Waals surface area contributed by atoms with Gasteiger partial charge in [0.2, 0.25) is 0 Å². The lowest BCUT2D eigenvalue weighted by atomic mass is 9.90. The van der Waals surface area contributed by atoms with E-state index in [9.17, 15) is 9.50 Å². The van der Waals surface area contributed by atoms with Gasteiger partial charge in [0.05, 0.1) is 16.7 Å². The smallest absolute Gasteiger partial charge is 0.143 e. The highest BCUT2D eigenvalue weighted by Crippen LogP contribution is 2.35. The topological polar surface area (TPSA) is 29.5 Å². The molecule has 0 aromatic heterocycles. The molecule has 0 aliphatic carbocycles. The molecule has 1 aromatic carbocycles. The van der Waals surface area contributed by atoms with Crippen LogP contribution in [0.1, 0.15) is 25.0 Å². The molecule has 1 heterocycles. The molecule has 1 aliphatic rings. The van der Waals surface area contributed by atoms with Crippen LogP contribution in [0.2, 0.25) is 0 Å². The summed E-state index contributed by atoms with van der Waals surface area (Å²) in [6, 6.07) is 4.97. The van der Waals surface area contributed by atoms with E-state index in [1.165, 1.54) is 0 Å². The first-order valence-corrected chi connectivity index (χ1v) is 6.14. The van der Waals surface area contributed by atoms with Crippen molar-refractivity contribution in [2.24, 2.45) is 5.92 Å². The van der Waals surface area contributed by atoms with E-state index >= 15 is 0 Å². The van der Waals surface area contributed by atoms with Crippen LogP contribution < -0.4 is 0 Å². The number of hydrogen-bond donors (Lipinski definition) is 1. The molecule has 3 atom stereocenters. The van der Waals surface area contributed by atoms with E-state index in [2.05, 4.69) is 15.9 Å². The first-order chi connectivity index (χ1) is 7.61. The molecule has 0 amide bonds. The Balaban J connectivity index is 2.26. The average Bonchev–Trinajstić information content (AvgIpc) is 2.68. The molecule has 1 aliphatic heterocycles. The van der Waals surface area contributed by atoms with Gasteiger partial charge < -0.3 is 9.84 Å². The molecular weight excluding hydrogens is 275 g/mol. The summed E-state index contributed by atoms with van der Waals surface area (Å²) in [5.74, 6) is -0.405. The van der Waals surface area contributed by atoms with Crippen molar-refractivity contribution in [3.63, 3.8) is 0 Å². The standard InChI is InChI=1S/C12H14BrFO2/c1-7-8(5-6-16-7)12(15)9-3-2-4-10(13)11(9)14/h2-4,7-8,12,15H,5-6H2,1H3. The molecule has 0 radical (unpaired) electrons. The maximum Gasteiger partial charge on any atom is 0.143 e. The third-order valence-corrected chi connectivity index (χ3v) is 3.75. The monoisotopic (exact) mass is 288 g/mol. The zero-order chi connectivity index (χ0) is 11.7. The summed E-state index contributed by atoms with van der Waals surface area (Å²) in [6.45, 7) is 2.55. The van der Waals surface area contributed by atoms with Crippen LogP contribution in [0.15, 0.2) is 22.7 Å². The molecule has 0 spiro atoms. The Bertz CT molecular complexity index is 383. The van der Waals surface area contributed by atoms with Crippen LogP contribution in [-0.2, 0) is 4.74 Å². The van der Waals surface area contributed by atoms with Gasteiger partial charge in [0.25, 0.3) is 0 Å². The Kier molecular flexibility index (Phi) is 3.62. The first-order valence-electron chi connectivity index (χ1n) is 5.35. The van der Waals surface area contributed by atoms with Crippen LogP contribution in [-0.4, -0.2) is 17.8 Å². The number of aliphatic hydroxyl groups excluding tert-OH is 1. The van der Waals surface area contributed by atoms with Crippen molar-refractivity contribution in [3.8, 4) is 0 Å². The minimum Gasteiger partial charge on any atom is -0.388 e. The molecule has 3 unspecified atom stereocenters. The minimum absolute atomic E-state index is 0.0200. The van der Waals surface area contributed by atoms with Crippen LogP contribution in [0.5, 0.6) is 0 Å². The van der Waals surface area contributed by atoms with Gasteiger partial charge in [-0.25, -0.2) is 4.39 Å². The van der Waals surface area contributed by atoms with Crippen LogP contribution >= 0.6 is 15.9 Å². The number of aliphatic hydroxyl groups is 1. The Morgan fingerprint density at radius 1 is 1.56 bits per heavy atom. The van der Waals surface area contributed by atoms with Gasteiger partial charge in [-0.3, -0.25) is 0 Å². The molecule has 4 heteroatoms. The zero-order valence-corrected chi connectivity index (χ0v) is 10.6. The highest BCUT2D eigenvalue weighted by atomic mass is 79.9. The molecule has 2 nitrogen and oxygen atoms in total. The van der Waals surface area contributed by atoms with Gasteiger partial charge in [-0.05, 0) is 35.3 Å². The summed E-state index contributed by atoms with van der Waals surface area (Å²) in [7, 11) is 0. The highest BCUT2D eigenvalue weighted by Gasteiger charge is 2.33. The Morgan fingerprint density at radius 2 is 2.31 bits per heavy atom. The Hall–Kier alpha value is -0.450. The van der Waals surface area contributed by atoms with Crippen molar-refractivity contribution in [1.29, 1.82) is 0 Å². The summed E-state index contributed by atoms with van der Waals surface area (Å²) in [4.78, 5) is 0. The number of rotatable bonds is 2. The van der Waals surface area contributed by atoms with Crippen LogP contribution in [0.4, 0.5) is 4.39 Å². The molecular formula is C12H14BrFO2. The zero-order valence-electron chi connectivity index (χ0n) is 8.99. The van der Waals surface area contributed by atoms with Gasteiger partial charge in [0.1, 0.15) is 5.82 Å². The SMILES string of the molecule is CC1OCCC1C(O)c1cccc(Br)c1F. The van der Waals surface area contributed by atoms with Crippen molar-refractivity contribution in [3.05, 3.63) is 34.1 Å². The van der Waals surface area contributed by atoms with Gasteiger partial charge in [-0.15, -0.1) is 0 Å². The predicted molar refractivity (Wildman–Crippen MR) is 62.6 cm³/mol. The fourth-order valence-corrected chi connectivity index (χ4v) is 2.52. The second kappa shape index (κ2) is 4.82. The van der Waals surface area contributed by atoms with Gasteiger partial charge in [0, 0.05) is 18.1 Å². The second-order valence-electron chi connectivity index (χ2n) is 4.12. The van der Waals surface area contributed by atoms with Crippen molar-refractivity contribution < 1.29 is 14.2 Å². The van der Waals surface area contributed by atoms with E-state index in [1.807, 2.05) is 6.92 Å². The molecule has 2 rings (SSSR count). The lowest BCUT2D eigenvalue weighted by molar-refractivity contribution is 0.0414. The minimum atomic E-state index is -0.796. The summed E-state index contributed by atoms with van der Waals surface area (Å²) in [5, 5.41) is 10.2. The molecule has 1 saturated heterocycles. The molecule has 1 fully saturated rings. The summed E-state index contributed by atoms with van der Waals surface area (Å²) in [5.41, 5.74) is 0.344. The molecule has 16 heavy (non-hydrogen) atoms. The number of hydrogen-bond acceptors (Lipinski definition) is 2. The van der Waals surface area contributed by atoms with Crippen LogP contribution in [0.3, 0.4) is 0 Å². The summed E-state index contributed by atoms with van der Waals surface area (Å²) < 4.78 is 19.6. The third-order valence-electron chi connectivity index (χ3n) is 3.14. The van der Waals surface area contributed by atoms with E-state index in [0.717, 1.165) is 6.42 Å². The van der Waals surface area contributed by atoms with Gasteiger partial charge >= 0.3 is 0 Å². The number of benzene rings is 1. The van der Waals surface area contributed by atoms with Gasteiger partial charge in [-0.1, -0.05) is 12.1 Å². The van der Waals surface area contributed by atoms with E-state index in [0.29, 0.717) is 16.6 Å². The maximum absolute atomic E-state index is 13.8. The lowest BCUT2D eigenvalue weighted by Gasteiger charge is -2.21. The molecule has 0 saturated carbocycles. The van der Waals surface area contributed by atoms with Crippen LogP contribution in [0.25, 0.3) is 0 Å². The maximum atomic E-state index is 13.8. The van der Waals surface area contributed by atoms with E-state index < -0.39 is 6.10 Å². The third kappa shape index (κ3) is 2.14. The number of ether oxygens (including phenoxy) is 1. The molecule has 88 valence electrons. The normalized spacial score (nSPS) is 27.0. The molecule has 1 N–H and O–H groups in total. The Labute approximate surface area is 103 Å². The summed E-state index contributed by atoms with van der Waals surface area (Å²) in [6.07, 6.45) is -0.0442. The first kappa shape index (κ1) is 12.0. The summed E-state index contributed by atoms with van der Waals surface area (Å²) >= 11 is 3.12. The van der Waals surface area contributed by atoms with Crippen molar-refractivity contribution >= 4 is 15.9 Å². The fraction of sp³-hybridized carbons (Fsp3) is 0.500. The van der Waals surface area contributed by atoms with Crippen molar-refractivity contribution in [2.45, 2.75) is 25.6 Å². The van der Waals surface area contributed by atoms with Crippen molar-refractivity contribution in [1.82, 2.24) is 0 Å². The highest BCUT2D eigenvalue weighted by molar-refractivity contribution is 9.10. The quantitative estimate of drug-likeness (QED) is 0.906. The largest absolute Gasteiger partial charge is 0.388 e.